The highest BCUT2D eigenvalue weighted by Gasteiger charge is 2.18. The summed E-state index contributed by atoms with van der Waals surface area (Å²) in [5.41, 5.74) is 2.22. The van der Waals surface area contributed by atoms with Crippen molar-refractivity contribution >= 4 is 17.5 Å². The van der Waals surface area contributed by atoms with Crippen LogP contribution in [0.15, 0.2) is 65.5 Å². The zero-order valence-corrected chi connectivity index (χ0v) is 15.6. The van der Waals surface area contributed by atoms with E-state index in [1.807, 2.05) is 37.3 Å². The van der Waals surface area contributed by atoms with Crippen molar-refractivity contribution in [3.8, 4) is 17.1 Å². The number of amides is 2. The monoisotopic (exact) mass is 379 g/mol. The lowest BCUT2D eigenvalue weighted by atomic mass is 10.1. The van der Waals surface area contributed by atoms with Crippen LogP contribution < -0.4 is 15.4 Å². The number of benzene rings is 2. The number of carbonyl (C=O) groups excluding carboxylic acids is 2. The number of rotatable bonds is 6. The Hall–Kier alpha value is -3.61. The van der Waals surface area contributed by atoms with Gasteiger partial charge < -0.3 is 19.8 Å². The van der Waals surface area contributed by atoms with Gasteiger partial charge in [-0.25, -0.2) is 4.98 Å². The second-order valence-electron chi connectivity index (χ2n) is 6.30. The Morgan fingerprint density at radius 1 is 1.14 bits per heavy atom. The highest BCUT2D eigenvalue weighted by atomic mass is 16.5. The number of nitrogens with zero attached hydrogens (tertiary/aromatic N) is 1. The molecule has 0 saturated carbocycles. The van der Waals surface area contributed by atoms with Crippen LogP contribution in [0.4, 0.5) is 5.69 Å². The molecule has 1 unspecified atom stereocenters. The molecule has 3 aromatic rings. The van der Waals surface area contributed by atoms with Crippen molar-refractivity contribution in [2.24, 2.45) is 0 Å². The highest BCUT2D eigenvalue weighted by Crippen LogP contribution is 2.32. The van der Waals surface area contributed by atoms with Gasteiger partial charge in [-0.1, -0.05) is 30.3 Å². The molecular formula is C21H21N3O4. The summed E-state index contributed by atoms with van der Waals surface area (Å²) in [4.78, 5) is 28.3. The minimum absolute atomic E-state index is 0.177. The van der Waals surface area contributed by atoms with E-state index in [4.69, 9.17) is 9.15 Å². The van der Waals surface area contributed by atoms with Gasteiger partial charge in [-0.2, -0.15) is 0 Å². The largest absolute Gasteiger partial charge is 0.496 e. The molecule has 1 aromatic heterocycles. The van der Waals surface area contributed by atoms with Gasteiger partial charge in [0, 0.05) is 17.8 Å². The Balaban J connectivity index is 1.61. The molecule has 0 spiro atoms. The number of methoxy groups -OCH3 is 1. The van der Waals surface area contributed by atoms with E-state index in [1.165, 1.54) is 13.5 Å². The molecule has 144 valence electrons. The smallest absolute Gasteiger partial charge is 0.313 e. The van der Waals surface area contributed by atoms with Crippen molar-refractivity contribution < 1.29 is 18.7 Å². The van der Waals surface area contributed by atoms with E-state index in [9.17, 15) is 9.59 Å². The molecule has 0 aliphatic rings. The van der Waals surface area contributed by atoms with Gasteiger partial charge in [0.1, 0.15) is 5.75 Å². The second kappa shape index (κ2) is 8.85. The fraction of sp³-hybridized carbons (Fsp3) is 0.190. The molecular weight excluding hydrogens is 358 g/mol. The number of oxazole rings is 1. The zero-order chi connectivity index (χ0) is 19.9. The first-order valence-corrected chi connectivity index (χ1v) is 8.79. The average molecular weight is 379 g/mol. The van der Waals surface area contributed by atoms with E-state index in [2.05, 4.69) is 15.6 Å². The lowest BCUT2D eigenvalue weighted by Crippen LogP contribution is -2.41. The quantitative estimate of drug-likeness (QED) is 0.642. The predicted octanol–water partition coefficient (Wildman–Crippen LogP) is 3.04. The van der Waals surface area contributed by atoms with E-state index < -0.39 is 11.8 Å². The molecule has 28 heavy (non-hydrogen) atoms. The third-order valence-corrected chi connectivity index (χ3v) is 4.13. The topological polar surface area (TPSA) is 93.5 Å². The van der Waals surface area contributed by atoms with Gasteiger partial charge in [0.05, 0.1) is 18.9 Å². The third kappa shape index (κ3) is 4.76. The van der Waals surface area contributed by atoms with Crippen molar-refractivity contribution in [2.45, 2.75) is 19.4 Å². The molecule has 1 heterocycles. The molecule has 0 saturated heterocycles. The van der Waals surface area contributed by atoms with Crippen molar-refractivity contribution in [3.05, 3.63) is 66.7 Å². The predicted molar refractivity (Wildman–Crippen MR) is 105 cm³/mol. The first kappa shape index (κ1) is 19.2. The SMILES string of the molecule is COc1cc(NC(=O)C(=O)NC(C)Cc2ccccc2)ccc1-c1cnco1. The summed E-state index contributed by atoms with van der Waals surface area (Å²) < 4.78 is 10.6. The lowest BCUT2D eigenvalue weighted by Gasteiger charge is -2.14. The van der Waals surface area contributed by atoms with Gasteiger partial charge in [-0.05, 0) is 31.0 Å². The summed E-state index contributed by atoms with van der Waals surface area (Å²) in [6, 6.07) is 14.6. The molecule has 0 radical (unpaired) electrons. The Bertz CT molecular complexity index is 940. The standard InChI is InChI=1S/C21H21N3O4/c1-14(10-15-6-4-3-5-7-15)23-20(25)21(26)24-16-8-9-17(18(11-16)27-2)19-12-22-13-28-19/h3-9,11-14H,10H2,1-2H3,(H,23,25)(H,24,26). The van der Waals surface area contributed by atoms with Crippen LogP contribution >= 0.6 is 0 Å². The minimum atomic E-state index is -0.741. The van der Waals surface area contributed by atoms with Crippen molar-refractivity contribution in [3.63, 3.8) is 0 Å². The van der Waals surface area contributed by atoms with Crippen LogP contribution in [0.5, 0.6) is 5.75 Å². The molecule has 7 nitrogen and oxygen atoms in total. The van der Waals surface area contributed by atoms with E-state index in [-0.39, 0.29) is 6.04 Å². The Morgan fingerprint density at radius 3 is 2.61 bits per heavy atom. The molecule has 1 atom stereocenters. The Labute approximate surface area is 162 Å². The Kier molecular flexibility index (Phi) is 6.06. The maximum Gasteiger partial charge on any atom is 0.313 e. The molecule has 3 rings (SSSR count). The number of carbonyl (C=O) groups is 2. The number of nitrogens with one attached hydrogen (secondary N) is 2. The van der Waals surface area contributed by atoms with Crippen molar-refractivity contribution in [1.82, 2.24) is 10.3 Å². The molecule has 2 N–H and O–H groups in total. The molecule has 0 aliphatic carbocycles. The number of hydrogen-bond acceptors (Lipinski definition) is 5. The van der Waals surface area contributed by atoms with Crippen LogP contribution in [-0.4, -0.2) is 29.9 Å². The number of aromatic nitrogens is 1. The van der Waals surface area contributed by atoms with Gasteiger partial charge in [0.15, 0.2) is 12.2 Å². The van der Waals surface area contributed by atoms with Gasteiger partial charge in [-0.15, -0.1) is 0 Å². The molecule has 0 fully saturated rings. The minimum Gasteiger partial charge on any atom is -0.496 e. The zero-order valence-electron chi connectivity index (χ0n) is 15.6. The molecule has 0 aliphatic heterocycles. The molecule has 2 aromatic carbocycles. The van der Waals surface area contributed by atoms with Gasteiger partial charge in [-0.3, -0.25) is 9.59 Å². The maximum absolute atomic E-state index is 12.2. The molecule has 7 heteroatoms. The number of hydrogen-bond donors (Lipinski definition) is 2. The third-order valence-electron chi connectivity index (χ3n) is 4.13. The fourth-order valence-corrected chi connectivity index (χ4v) is 2.82. The maximum atomic E-state index is 12.2. The number of anilines is 1. The molecule has 2 amide bonds. The van der Waals surface area contributed by atoms with Crippen LogP contribution in [0.2, 0.25) is 0 Å². The fourth-order valence-electron chi connectivity index (χ4n) is 2.82. The first-order valence-electron chi connectivity index (χ1n) is 8.79. The van der Waals surface area contributed by atoms with E-state index >= 15 is 0 Å². The Morgan fingerprint density at radius 2 is 1.93 bits per heavy atom. The average Bonchev–Trinajstić information content (AvgIpc) is 3.23. The second-order valence-corrected chi connectivity index (χ2v) is 6.30. The lowest BCUT2D eigenvalue weighted by molar-refractivity contribution is -0.136. The van der Waals surface area contributed by atoms with Crippen LogP contribution in [-0.2, 0) is 16.0 Å². The van der Waals surface area contributed by atoms with Crippen LogP contribution in [0, 0.1) is 0 Å². The summed E-state index contributed by atoms with van der Waals surface area (Å²) in [6.45, 7) is 1.85. The summed E-state index contributed by atoms with van der Waals surface area (Å²) >= 11 is 0. The van der Waals surface area contributed by atoms with Gasteiger partial charge >= 0.3 is 11.8 Å². The van der Waals surface area contributed by atoms with E-state index in [0.717, 1.165) is 5.56 Å². The van der Waals surface area contributed by atoms with Gasteiger partial charge in [0.25, 0.3) is 0 Å². The summed E-state index contributed by atoms with van der Waals surface area (Å²) in [5, 5.41) is 5.29. The van der Waals surface area contributed by atoms with E-state index in [1.54, 1.807) is 24.4 Å². The summed E-state index contributed by atoms with van der Waals surface area (Å²) in [6.07, 6.45) is 3.53. The summed E-state index contributed by atoms with van der Waals surface area (Å²) in [5.74, 6) is -0.398. The van der Waals surface area contributed by atoms with Crippen LogP contribution in [0.25, 0.3) is 11.3 Å². The number of ether oxygens (including phenoxy) is 1. The van der Waals surface area contributed by atoms with Crippen LogP contribution in [0.3, 0.4) is 0 Å². The molecule has 0 bridgehead atoms. The summed E-state index contributed by atoms with van der Waals surface area (Å²) in [7, 11) is 1.51. The van der Waals surface area contributed by atoms with Crippen molar-refractivity contribution in [1.29, 1.82) is 0 Å². The first-order chi connectivity index (χ1) is 13.6. The normalized spacial score (nSPS) is 11.5. The highest BCUT2D eigenvalue weighted by molar-refractivity contribution is 6.39. The van der Waals surface area contributed by atoms with E-state index in [0.29, 0.717) is 29.2 Å². The van der Waals surface area contributed by atoms with Crippen LogP contribution in [0.1, 0.15) is 12.5 Å². The van der Waals surface area contributed by atoms with Crippen molar-refractivity contribution in [2.75, 3.05) is 12.4 Å². The van der Waals surface area contributed by atoms with Gasteiger partial charge in [0.2, 0.25) is 0 Å².